The summed E-state index contributed by atoms with van der Waals surface area (Å²) < 4.78 is 5.42. The molecular formula is C14H20N2O. The second kappa shape index (κ2) is 4.13. The van der Waals surface area contributed by atoms with Crippen LogP contribution in [0.25, 0.3) is 0 Å². The van der Waals surface area contributed by atoms with Gasteiger partial charge in [-0.3, -0.25) is 0 Å². The molecule has 3 nitrogen and oxygen atoms in total. The van der Waals surface area contributed by atoms with Crippen molar-refractivity contribution in [3.8, 4) is 5.75 Å². The SMILES string of the molecule is COc1cccc2c1NCC1(CCCC1)CN2. The van der Waals surface area contributed by atoms with Crippen molar-refractivity contribution < 1.29 is 4.74 Å². The van der Waals surface area contributed by atoms with Crippen LogP contribution < -0.4 is 15.4 Å². The number of hydrogen-bond donors (Lipinski definition) is 2. The molecule has 2 N–H and O–H groups in total. The molecule has 1 spiro atoms. The molecule has 0 atom stereocenters. The van der Waals surface area contributed by atoms with Crippen LogP contribution in [0, 0.1) is 5.41 Å². The van der Waals surface area contributed by atoms with E-state index in [1.54, 1.807) is 7.11 Å². The Hall–Kier alpha value is -1.38. The van der Waals surface area contributed by atoms with Crippen LogP contribution in [0.15, 0.2) is 18.2 Å². The Kier molecular flexibility index (Phi) is 2.61. The quantitative estimate of drug-likeness (QED) is 0.780. The molecule has 2 aliphatic rings. The Morgan fingerprint density at radius 2 is 1.88 bits per heavy atom. The first-order valence-corrected chi connectivity index (χ1v) is 6.48. The van der Waals surface area contributed by atoms with E-state index in [9.17, 15) is 0 Å². The lowest BCUT2D eigenvalue weighted by atomic mass is 9.86. The van der Waals surface area contributed by atoms with Crippen molar-refractivity contribution in [1.29, 1.82) is 0 Å². The van der Waals surface area contributed by atoms with E-state index >= 15 is 0 Å². The summed E-state index contributed by atoms with van der Waals surface area (Å²) in [4.78, 5) is 0. The molecule has 1 aromatic carbocycles. The van der Waals surface area contributed by atoms with Crippen molar-refractivity contribution in [1.82, 2.24) is 0 Å². The third-order valence-corrected chi connectivity index (χ3v) is 4.20. The zero-order valence-electron chi connectivity index (χ0n) is 10.4. The monoisotopic (exact) mass is 232 g/mol. The summed E-state index contributed by atoms with van der Waals surface area (Å²) in [5.74, 6) is 0.935. The maximum Gasteiger partial charge on any atom is 0.144 e. The number of nitrogens with one attached hydrogen (secondary N) is 2. The van der Waals surface area contributed by atoms with Crippen LogP contribution in [0.1, 0.15) is 25.7 Å². The lowest BCUT2D eigenvalue weighted by Gasteiger charge is -2.27. The summed E-state index contributed by atoms with van der Waals surface area (Å²) in [6, 6.07) is 6.18. The maximum atomic E-state index is 5.42. The predicted octanol–water partition coefficient (Wildman–Crippen LogP) is 3.09. The van der Waals surface area contributed by atoms with Crippen molar-refractivity contribution >= 4 is 11.4 Å². The first-order chi connectivity index (χ1) is 8.33. The highest BCUT2D eigenvalue weighted by Crippen LogP contribution is 2.43. The topological polar surface area (TPSA) is 33.3 Å². The molecule has 1 saturated carbocycles. The molecule has 0 aromatic heterocycles. The standard InChI is InChI=1S/C14H20N2O/c1-17-12-6-4-5-11-13(12)16-10-14(9-15-11)7-2-3-8-14/h4-6,15-16H,2-3,7-10H2,1H3. The number of anilines is 2. The van der Waals surface area contributed by atoms with E-state index < -0.39 is 0 Å². The molecule has 0 unspecified atom stereocenters. The van der Waals surface area contributed by atoms with E-state index in [2.05, 4.69) is 16.7 Å². The number of fused-ring (bicyclic) bond motifs is 1. The van der Waals surface area contributed by atoms with Gasteiger partial charge in [-0.25, -0.2) is 0 Å². The summed E-state index contributed by atoms with van der Waals surface area (Å²) in [7, 11) is 1.73. The summed E-state index contributed by atoms with van der Waals surface area (Å²) >= 11 is 0. The molecule has 0 radical (unpaired) electrons. The Labute approximate surface area is 103 Å². The fourth-order valence-electron chi connectivity index (χ4n) is 3.13. The average Bonchev–Trinajstić information content (AvgIpc) is 2.74. The second-order valence-corrected chi connectivity index (χ2v) is 5.30. The van der Waals surface area contributed by atoms with Gasteiger partial charge in [0.2, 0.25) is 0 Å². The highest BCUT2D eigenvalue weighted by molar-refractivity contribution is 5.76. The first kappa shape index (κ1) is 10.8. The van der Waals surface area contributed by atoms with E-state index in [4.69, 9.17) is 4.74 Å². The number of benzene rings is 1. The molecule has 3 rings (SSSR count). The maximum absolute atomic E-state index is 5.42. The minimum absolute atomic E-state index is 0.448. The van der Waals surface area contributed by atoms with Gasteiger partial charge < -0.3 is 15.4 Å². The van der Waals surface area contributed by atoms with Gasteiger partial charge in [0.25, 0.3) is 0 Å². The Morgan fingerprint density at radius 3 is 2.65 bits per heavy atom. The van der Waals surface area contributed by atoms with Gasteiger partial charge in [0.15, 0.2) is 0 Å². The number of hydrogen-bond acceptors (Lipinski definition) is 3. The molecule has 1 aliphatic carbocycles. The Morgan fingerprint density at radius 1 is 1.12 bits per heavy atom. The van der Waals surface area contributed by atoms with Crippen LogP contribution in [0.5, 0.6) is 5.75 Å². The van der Waals surface area contributed by atoms with Gasteiger partial charge in [0.1, 0.15) is 11.4 Å². The van der Waals surface area contributed by atoms with E-state index in [1.807, 2.05) is 12.1 Å². The van der Waals surface area contributed by atoms with Crippen LogP contribution in [-0.2, 0) is 0 Å². The predicted molar refractivity (Wildman–Crippen MR) is 70.9 cm³/mol. The second-order valence-electron chi connectivity index (χ2n) is 5.30. The summed E-state index contributed by atoms with van der Waals surface area (Å²) in [5.41, 5.74) is 2.75. The summed E-state index contributed by atoms with van der Waals surface area (Å²) in [5, 5.41) is 7.18. The van der Waals surface area contributed by atoms with E-state index in [-0.39, 0.29) is 0 Å². The minimum Gasteiger partial charge on any atom is -0.495 e. The molecule has 0 bridgehead atoms. The normalized spacial score (nSPS) is 21.2. The van der Waals surface area contributed by atoms with Gasteiger partial charge in [-0.1, -0.05) is 18.9 Å². The molecule has 0 amide bonds. The number of methoxy groups -OCH3 is 1. The largest absolute Gasteiger partial charge is 0.495 e. The fraction of sp³-hybridized carbons (Fsp3) is 0.571. The zero-order chi connectivity index (χ0) is 11.7. The average molecular weight is 232 g/mol. The van der Waals surface area contributed by atoms with Crippen LogP contribution in [0.2, 0.25) is 0 Å². The Bertz CT molecular complexity index is 411. The van der Waals surface area contributed by atoms with E-state index in [0.717, 1.165) is 24.5 Å². The number of rotatable bonds is 1. The molecule has 1 aromatic rings. The van der Waals surface area contributed by atoms with Crippen molar-refractivity contribution in [2.24, 2.45) is 5.41 Å². The number of para-hydroxylation sites is 1. The van der Waals surface area contributed by atoms with Gasteiger partial charge in [0.05, 0.1) is 12.8 Å². The van der Waals surface area contributed by atoms with Crippen LogP contribution in [0.4, 0.5) is 11.4 Å². The van der Waals surface area contributed by atoms with Gasteiger partial charge in [0, 0.05) is 18.5 Å². The number of ether oxygens (including phenoxy) is 1. The smallest absolute Gasteiger partial charge is 0.144 e. The third-order valence-electron chi connectivity index (χ3n) is 4.20. The molecule has 1 fully saturated rings. The molecule has 0 saturated heterocycles. The van der Waals surface area contributed by atoms with E-state index in [1.165, 1.54) is 31.4 Å². The third kappa shape index (κ3) is 1.84. The summed E-state index contributed by atoms with van der Waals surface area (Å²) in [6.07, 6.45) is 5.42. The van der Waals surface area contributed by atoms with Gasteiger partial charge in [-0.2, -0.15) is 0 Å². The van der Waals surface area contributed by atoms with Gasteiger partial charge in [-0.15, -0.1) is 0 Å². The molecule has 1 aliphatic heterocycles. The molecular weight excluding hydrogens is 212 g/mol. The van der Waals surface area contributed by atoms with Crippen LogP contribution >= 0.6 is 0 Å². The highest BCUT2D eigenvalue weighted by atomic mass is 16.5. The van der Waals surface area contributed by atoms with Gasteiger partial charge >= 0.3 is 0 Å². The molecule has 17 heavy (non-hydrogen) atoms. The lowest BCUT2D eigenvalue weighted by Crippen LogP contribution is -2.31. The first-order valence-electron chi connectivity index (χ1n) is 6.48. The van der Waals surface area contributed by atoms with Crippen molar-refractivity contribution in [2.45, 2.75) is 25.7 Å². The Balaban J connectivity index is 1.89. The van der Waals surface area contributed by atoms with Crippen LogP contribution in [-0.4, -0.2) is 20.2 Å². The van der Waals surface area contributed by atoms with E-state index in [0.29, 0.717) is 5.41 Å². The molecule has 3 heteroatoms. The molecule has 1 heterocycles. The highest BCUT2D eigenvalue weighted by Gasteiger charge is 2.35. The van der Waals surface area contributed by atoms with Crippen molar-refractivity contribution in [3.05, 3.63) is 18.2 Å². The minimum atomic E-state index is 0.448. The van der Waals surface area contributed by atoms with Crippen molar-refractivity contribution in [2.75, 3.05) is 30.8 Å². The fourth-order valence-corrected chi connectivity index (χ4v) is 3.13. The molecule has 92 valence electrons. The zero-order valence-corrected chi connectivity index (χ0v) is 10.4. The van der Waals surface area contributed by atoms with Crippen LogP contribution in [0.3, 0.4) is 0 Å². The lowest BCUT2D eigenvalue weighted by molar-refractivity contribution is 0.345. The van der Waals surface area contributed by atoms with Crippen molar-refractivity contribution in [3.63, 3.8) is 0 Å². The van der Waals surface area contributed by atoms with Gasteiger partial charge in [-0.05, 0) is 25.0 Å². The summed E-state index contributed by atoms with van der Waals surface area (Å²) in [6.45, 7) is 2.15.